The van der Waals surface area contributed by atoms with Crippen LogP contribution in [0.25, 0.3) is 0 Å². The largest absolute Gasteiger partial charge is 0.493 e. The molecule has 5 heteroatoms. The van der Waals surface area contributed by atoms with Crippen molar-refractivity contribution in [3.05, 3.63) is 59.7 Å². The monoisotopic (exact) mass is 453 g/mol. The second-order valence-electron chi connectivity index (χ2n) is 9.53. The SMILES string of the molecule is CCC(=O)N(CC[C@@H](c1ccccc1)[C@@H]1CCOC(C)(C)C1)Cc1ccc(OC)c(OC)c1. The molecule has 0 radical (unpaired) electrons. The minimum Gasteiger partial charge on any atom is -0.493 e. The Labute approximate surface area is 199 Å². The summed E-state index contributed by atoms with van der Waals surface area (Å²) in [6.45, 7) is 8.38. The Morgan fingerprint density at radius 1 is 1.12 bits per heavy atom. The first-order valence-corrected chi connectivity index (χ1v) is 12.0. The summed E-state index contributed by atoms with van der Waals surface area (Å²) < 4.78 is 16.8. The van der Waals surface area contributed by atoms with Gasteiger partial charge in [0.1, 0.15) is 0 Å². The molecule has 1 saturated heterocycles. The maximum absolute atomic E-state index is 12.9. The molecule has 0 aromatic heterocycles. The van der Waals surface area contributed by atoms with Crippen molar-refractivity contribution in [2.75, 3.05) is 27.4 Å². The fraction of sp³-hybridized carbons (Fsp3) is 0.536. The number of carbonyl (C=O) groups excluding carboxylic acids is 1. The number of amides is 1. The lowest BCUT2D eigenvalue weighted by Gasteiger charge is -2.40. The van der Waals surface area contributed by atoms with E-state index in [1.807, 2.05) is 30.0 Å². The van der Waals surface area contributed by atoms with Crippen LogP contribution in [0.5, 0.6) is 11.5 Å². The maximum Gasteiger partial charge on any atom is 0.222 e. The average molecular weight is 454 g/mol. The van der Waals surface area contributed by atoms with Gasteiger partial charge in [-0.15, -0.1) is 0 Å². The minimum atomic E-state index is -0.103. The van der Waals surface area contributed by atoms with E-state index in [-0.39, 0.29) is 11.5 Å². The van der Waals surface area contributed by atoms with E-state index in [9.17, 15) is 4.79 Å². The predicted molar refractivity (Wildman–Crippen MR) is 132 cm³/mol. The van der Waals surface area contributed by atoms with Gasteiger partial charge >= 0.3 is 0 Å². The normalized spacial score (nSPS) is 18.4. The third kappa shape index (κ3) is 6.73. The molecule has 1 aliphatic rings. The standard InChI is InChI=1S/C28H39NO4/c1-6-27(30)29(20-21-12-13-25(31-4)26(18-21)32-5)16-14-24(22-10-8-7-9-11-22)23-15-17-33-28(2,3)19-23/h7-13,18,23-24H,6,14-17,19-20H2,1-5H3/t23-,24+/m1/s1. The van der Waals surface area contributed by atoms with Gasteiger partial charge < -0.3 is 19.1 Å². The Kier molecular flexibility index (Phi) is 8.79. The molecular formula is C28H39NO4. The second kappa shape index (κ2) is 11.6. The molecule has 1 amide bonds. The Hall–Kier alpha value is -2.53. The Morgan fingerprint density at radius 3 is 2.48 bits per heavy atom. The molecule has 0 bridgehead atoms. The number of methoxy groups -OCH3 is 2. The van der Waals surface area contributed by atoms with E-state index in [4.69, 9.17) is 14.2 Å². The smallest absolute Gasteiger partial charge is 0.222 e. The van der Waals surface area contributed by atoms with Gasteiger partial charge in [-0.1, -0.05) is 43.3 Å². The summed E-state index contributed by atoms with van der Waals surface area (Å²) in [7, 11) is 3.27. The molecule has 0 aliphatic carbocycles. The van der Waals surface area contributed by atoms with Crippen LogP contribution in [0.15, 0.2) is 48.5 Å². The Morgan fingerprint density at radius 2 is 1.85 bits per heavy atom. The molecule has 1 aliphatic heterocycles. The summed E-state index contributed by atoms with van der Waals surface area (Å²) in [4.78, 5) is 14.9. The summed E-state index contributed by atoms with van der Waals surface area (Å²) in [6.07, 6.45) is 3.52. The third-order valence-electron chi connectivity index (χ3n) is 6.72. The number of rotatable bonds is 10. The van der Waals surface area contributed by atoms with E-state index in [1.165, 1.54) is 5.56 Å². The van der Waals surface area contributed by atoms with Gasteiger partial charge in [-0.3, -0.25) is 4.79 Å². The Balaban J connectivity index is 1.78. The number of carbonyl (C=O) groups is 1. The quantitative estimate of drug-likeness (QED) is 0.455. The molecule has 180 valence electrons. The van der Waals surface area contributed by atoms with Crippen LogP contribution in [0.1, 0.15) is 63.5 Å². The van der Waals surface area contributed by atoms with Gasteiger partial charge in [-0.25, -0.2) is 0 Å². The van der Waals surface area contributed by atoms with Gasteiger partial charge in [0, 0.05) is 26.1 Å². The third-order valence-corrected chi connectivity index (χ3v) is 6.72. The molecule has 1 fully saturated rings. The lowest BCUT2D eigenvalue weighted by molar-refractivity contribution is -0.131. The summed E-state index contributed by atoms with van der Waals surface area (Å²) >= 11 is 0. The molecular weight excluding hydrogens is 414 g/mol. The van der Waals surface area contributed by atoms with Crippen molar-refractivity contribution in [3.8, 4) is 11.5 Å². The highest BCUT2D eigenvalue weighted by Crippen LogP contribution is 2.40. The number of hydrogen-bond acceptors (Lipinski definition) is 4. The topological polar surface area (TPSA) is 48.0 Å². The van der Waals surface area contributed by atoms with Crippen LogP contribution in [0, 0.1) is 5.92 Å². The van der Waals surface area contributed by atoms with E-state index in [0.29, 0.717) is 36.3 Å². The first-order chi connectivity index (χ1) is 15.9. The van der Waals surface area contributed by atoms with E-state index in [1.54, 1.807) is 14.2 Å². The zero-order chi connectivity index (χ0) is 23.8. The summed E-state index contributed by atoms with van der Waals surface area (Å²) in [5.74, 6) is 2.48. The first-order valence-electron chi connectivity index (χ1n) is 12.0. The summed E-state index contributed by atoms with van der Waals surface area (Å²) in [5.41, 5.74) is 2.29. The molecule has 0 unspecified atom stereocenters. The van der Waals surface area contributed by atoms with Crippen LogP contribution in [-0.4, -0.2) is 43.8 Å². The second-order valence-corrected chi connectivity index (χ2v) is 9.53. The highest BCUT2D eigenvalue weighted by atomic mass is 16.5. The molecule has 3 rings (SSSR count). The number of hydrogen-bond donors (Lipinski definition) is 0. The molecule has 0 spiro atoms. The molecule has 0 saturated carbocycles. The zero-order valence-electron chi connectivity index (χ0n) is 20.8. The van der Waals surface area contributed by atoms with Crippen molar-refractivity contribution >= 4 is 5.91 Å². The van der Waals surface area contributed by atoms with Gasteiger partial charge in [0.05, 0.1) is 19.8 Å². The highest BCUT2D eigenvalue weighted by molar-refractivity contribution is 5.75. The molecule has 1 heterocycles. The van der Waals surface area contributed by atoms with E-state index < -0.39 is 0 Å². The predicted octanol–water partition coefficient (Wildman–Crippen LogP) is 5.82. The molecule has 0 N–H and O–H groups in total. The van der Waals surface area contributed by atoms with Crippen molar-refractivity contribution in [3.63, 3.8) is 0 Å². The van der Waals surface area contributed by atoms with Crippen molar-refractivity contribution in [2.45, 2.75) is 64.5 Å². The maximum atomic E-state index is 12.9. The van der Waals surface area contributed by atoms with E-state index >= 15 is 0 Å². The zero-order valence-corrected chi connectivity index (χ0v) is 20.8. The van der Waals surface area contributed by atoms with Crippen LogP contribution >= 0.6 is 0 Å². The van der Waals surface area contributed by atoms with Gasteiger partial charge in [-0.2, -0.15) is 0 Å². The van der Waals surface area contributed by atoms with Crippen molar-refractivity contribution < 1.29 is 19.0 Å². The number of nitrogens with zero attached hydrogens (tertiary/aromatic N) is 1. The van der Waals surface area contributed by atoms with Crippen molar-refractivity contribution in [1.29, 1.82) is 0 Å². The first kappa shape index (κ1) is 25.1. The lowest BCUT2D eigenvalue weighted by Crippen LogP contribution is -2.37. The van der Waals surface area contributed by atoms with Crippen molar-refractivity contribution in [2.24, 2.45) is 5.92 Å². The van der Waals surface area contributed by atoms with Gasteiger partial charge in [0.15, 0.2) is 11.5 Å². The van der Waals surface area contributed by atoms with Gasteiger partial charge in [0.2, 0.25) is 5.91 Å². The summed E-state index contributed by atoms with van der Waals surface area (Å²) in [6, 6.07) is 16.6. The minimum absolute atomic E-state index is 0.103. The van der Waals surface area contributed by atoms with E-state index in [0.717, 1.165) is 38.0 Å². The van der Waals surface area contributed by atoms with E-state index in [2.05, 4.69) is 44.2 Å². The van der Waals surface area contributed by atoms with Crippen LogP contribution < -0.4 is 9.47 Å². The fourth-order valence-electron chi connectivity index (χ4n) is 5.01. The van der Waals surface area contributed by atoms with Crippen LogP contribution in [0.4, 0.5) is 0 Å². The average Bonchev–Trinajstić information content (AvgIpc) is 2.82. The fourth-order valence-corrected chi connectivity index (χ4v) is 5.01. The van der Waals surface area contributed by atoms with Crippen LogP contribution in [0.2, 0.25) is 0 Å². The van der Waals surface area contributed by atoms with Gasteiger partial charge in [-0.05, 0) is 68.2 Å². The number of benzene rings is 2. The molecule has 33 heavy (non-hydrogen) atoms. The van der Waals surface area contributed by atoms with Crippen LogP contribution in [0.3, 0.4) is 0 Å². The molecule has 5 nitrogen and oxygen atoms in total. The van der Waals surface area contributed by atoms with Gasteiger partial charge in [0.25, 0.3) is 0 Å². The van der Waals surface area contributed by atoms with Crippen LogP contribution in [-0.2, 0) is 16.1 Å². The molecule has 2 aromatic rings. The molecule has 2 atom stereocenters. The highest BCUT2D eigenvalue weighted by Gasteiger charge is 2.34. The Bertz CT molecular complexity index is 896. The number of ether oxygens (including phenoxy) is 3. The lowest BCUT2D eigenvalue weighted by atomic mass is 9.75. The molecule has 2 aromatic carbocycles. The van der Waals surface area contributed by atoms with Crippen molar-refractivity contribution in [1.82, 2.24) is 4.90 Å². The summed E-state index contributed by atoms with van der Waals surface area (Å²) in [5, 5.41) is 0.